The predicted octanol–water partition coefficient (Wildman–Crippen LogP) is 0.382. The molecule has 24 heavy (non-hydrogen) atoms. The van der Waals surface area contributed by atoms with Crippen molar-refractivity contribution in [3.8, 4) is 5.82 Å². The van der Waals surface area contributed by atoms with E-state index in [2.05, 4.69) is 25.9 Å². The van der Waals surface area contributed by atoms with Gasteiger partial charge in [0.15, 0.2) is 0 Å². The van der Waals surface area contributed by atoms with E-state index in [0.29, 0.717) is 37.6 Å². The Morgan fingerprint density at radius 3 is 2.83 bits per heavy atom. The van der Waals surface area contributed by atoms with Gasteiger partial charge in [-0.05, 0) is 25.5 Å². The van der Waals surface area contributed by atoms with E-state index in [1.165, 1.54) is 0 Å². The number of amides is 2. The van der Waals surface area contributed by atoms with Crippen LogP contribution in [0.5, 0.6) is 0 Å². The molecule has 1 atom stereocenters. The van der Waals surface area contributed by atoms with Crippen molar-refractivity contribution in [2.24, 2.45) is 0 Å². The highest BCUT2D eigenvalue weighted by atomic mass is 16.2. The topological polar surface area (TPSA) is 101 Å². The Morgan fingerprint density at radius 1 is 1.33 bits per heavy atom. The van der Waals surface area contributed by atoms with E-state index in [1.54, 1.807) is 0 Å². The smallest absolute Gasteiger partial charge is 0.242 e. The molecular weight excluding hydrogens is 308 g/mol. The van der Waals surface area contributed by atoms with Crippen molar-refractivity contribution in [2.45, 2.75) is 25.8 Å². The Labute approximate surface area is 139 Å². The number of aromatic nitrogens is 3. The van der Waals surface area contributed by atoms with E-state index >= 15 is 0 Å². The first-order chi connectivity index (χ1) is 11.6. The molecular formula is C16H20N6O2. The van der Waals surface area contributed by atoms with Gasteiger partial charge >= 0.3 is 0 Å². The second-order valence-corrected chi connectivity index (χ2v) is 5.63. The highest BCUT2D eigenvalue weighted by Gasteiger charge is 2.26. The molecule has 1 aliphatic rings. The maximum absolute atomic E-state index is 11.9. The summed E-state index contributed by atoms with van der Waals surface area (Å²) in [4.78, 5) is 31.7. The van der Waals surface area contributed by atoms with E-state index < -0.39 is 6.04 Å². The highest BCUT2D eigenvalue weighted by molar-refractivity contribution is 5.90. The van der Waals surface area contributed by atoms with Crippen molar-refractivity contribution >= 4 is 17.6 Å². The van der Waals surface area contributed by atoms with Gasteiger partial charge in [-0.25, -0.2) is 9.97 Å². The van der Waals surface area contributed by atoms with Crippen molar-refractivity contribution < 1.29 is 9.59 Å². The minimum absolute atomic E-state index is 0.0673. The number of hydrogen-bond donors (Lipinski definition) is 3. The lowest BCUT2D eigenvalue weighted by molar-refractivity contribution is -0.125. The molecule has 2 aromatic heterocycles. The summed E-state index contributed by atoms with van der Waals surface area (Å²) in [6, 6.07) is 5.31. The Hall–Kier alpha value is -2.90. The molecule has 3 N–H and O–H groups in total. The molecule has 126 valence electrons. The maximum atomic E-state index is 11.9. The van der Waals surface area contributed by atoms with Crippen molar-refractivity contribution in [3.63, 3.8) is 0 Å². The normalized spacial score (nSPS) is 16.7. The molecule has 0 bridgehead atoms. The molecule has 1 saturated heterocycles. The molecule has 2 amide bonds. The summed E-state index contributed by atoms with van der Waals surface area (Å²) in [6.45, 7) is 2.82. The minimum Gasteiger partial charge on any atom is -0.368 e. The third kappa shape index (κ3) is 3.89. The SMILES string of the molecule is Cc1nc(NCCNC(=O)[C@H]2CCC(=O)N2)cc(-n2cccc2)n1. The van der Waals surface area contributed by atoms with Gasteiger partial charge in [-0.3, -0.25) is 9.59 Å². The molecule has 3 heterocycles. The second-order valence-electron chi connectivity index (χ2n) is 5.63. The van der Waals surface area contributed by atoms with Gasteiger partial charge in [0.2, 0.25) is 11.8 Å². The first-order valence-corrected chi connectivity index (χ1v) is 7.92. The van der Waals surface area contributed by atoms with Gasteiger partial charge in [-0.1, -0.05) is 0 Å². The van der Waals surface area contributed by atoms with E-state index in [9.17, 15) is 9.59 Å². The molecule has 0 radical (unpaired) electrons. The molecule has 1 fully saturated rings. The summed E-state index contributed by atoms with van der Waals surface area (Å²) in [5.41, 5.74) is 0. The Bertz CT molecular complexity index is 728. The largest absolute Gasteiger partial charge is 0.368 e. The number of anilines is 1. The fourth-order valence-corrected chi connectivity index (χ4v) is 2.57. The summed E-state index contributed by atoms with van der Waals surface area (Å²) in [7, 11) is 0. The second kappa shape index (κ2) is 7.12. The summed E-state index contributed by atoms with van der Waals surface area (Å²) in [6.07, 6.45) is 4.81. The van der Waals surface area contributed by atoms with Crippen LogP contribution in [0.25, 0.3) is 5.82 Å². The summed E-state index contributed by atoms with van der Waals surface area (Å²) < 4.78 is 1.91. The van der Waals surface area contributed by atoms with Crippen molar-refractivity contribution in [1.82, 2.24) is 25.2 Å². The maximum Gasteiger partial charge on any atom is 0.242 e. The van der Waals surface area contributed by atoms with E-state index in [-0.39, 0.29) is 11.8 Å². The van der Waals surface area contributed by atoms with Crippen LogP contribution >= 0.6 is 0 Å². The molecule has 8 heteroatoms. The summed E-state index contributed by atoms with van der Waals surface area (Å²) in [5.74, 6) is 1.94. The number of hydrogen-bond acceptors (Lipinski definition) is 5. The lowest BCUT2D eigenvalue weighted by Crippen LogP contribution is -2.43. The average Bonchev–Trinajstić information content (AvgIpc) is 3.22. The fraction of sp³-hybridized carbons (Fsp3) is 0.375. The minimum atomic E-state index is -0.404. The number of carbonyl (C=O) groups excluding carboxylic acids is 2. The molecule has 0 aromatic carbocycles. The first-order valence-electron chi connectivity index (χ1n) is 7.92. The van der Waals surface area contributed by atoms with Crippen LogP contribution < -0.4 is 16.0 Å². The van der Waals surface area contributed by atoms with E-state index in [0.717, 1.165) is 5.82 Å². The third-order valence-corrected chi connectivity index (χ3v) is 3.74. The lowest BCUT2D eigenvalue weighted by Gasteiger charge is -2.12. The lowest BCUT2D eigenvalue weighted by atomic mass is 10.2. The Morgan fingerprint density at radius 2 is 2.12 bits per heavy atom. The molecule has 8 nitrogen and oxygen atoms in total. The van der Waals surface area contributed by atoms with Crippen LogP contribution in [0.3, 0.4) is 0 Å². The zero-order chi connectivity index (χ0) is 16.9. The highest BCUT2D eigenvalue weighted by Crippen LogP contribution is 2.11. The molecule has 1 aliphatic heterocycles. The van der Waals surface area contributed by atoms with Gasteiger partial charge in [-0.2, -0.15) is 0 Å². The number of nitrogens with one attached hydrogen (secondary N) is 3. The fourth-order valence-electron chi connectivity index (χ4n) is 2.57. The summed E-state index contributed by atoms with van der Waals surface area (Å²) >= 11 is 0. The number of rotatable bonds is 6. The van der Waals surface area contributed by atoms with Crippen LogP contribution in [0.1, 0.15) is 18.7 Å². The molecule has 0 spiro atoms. The quantitative estimate of drug-likeness (QED) is 0.666. The molecule has 3 rings (SSSR count). The third-order valence-electron chi connectivity index (χ3n) is 3.74. The number of carbonyl (C=O) groups is 2. The molecule has 2 aromatic rings. The van der Waals surface area contributed by atoms with Gasteiger partial charge in [0, 0.05) is 38.0 Å². The zero-order valence-corrected chi connectivity index (χ0v) is 13.5. The van der Waals surface area contributed by atoms with Gasteiger partial charge in [0.05, 0.1) is 0 Å². The molecule has 0 aliphatic carbocycles. The standard InChI is InChI=1S/C16H20N6O2/c1-11-19-13(10-14(20-11)22-8-2-3-9-22)17-6-7-18-16(24)12-4-5-15(23)21-12/h2-3,8-10,12H,4-7H2,1H3,(H,18,24)(H,21,23)(H,17,19,20)/t12-/m1/s1. The van der Waals surface area contributed by atoms with Crippen LogP contribution in [0.2, 0.25) is 0 Å². The average molecular weight is 328 g/mol. The van der Waals surface area contributed by atoms with Crippen LogP contribution in [0.4, 0.5) is 5.82 Å². The van der Waals surface area contributed by atoms with Crippen molar-refractivity contribution in [3.05, 3.63) is 36.4 Å². The molecule has 0 unspecified atom stereocenters. The zero-order valence-electron chi connectivity index (χ0n) is 13.5. The first kappa shape index (κ1) is 16.0. The predicted molar refractivity (Wildman–Crippen MR) is 88.8 cm³/mol. The Kier molecular flexibility index (Phi) is 4.74. The van der Waals surface area contributed by atoms with Gasteiger partial charge in [0.1, 0.15) is 23.5 Å². The number of aryl methyl sites for hydroxylation is 1. The van der Waals surface area contributed by atoms with Crippen molar-refractivity contribution in [1.29, 1.82) is 0 Å². The van der Waals surface area contributed by atoms with Gasteiger partial charge in [-0.15, -0.1) is 0 Å². The van der Waals surface area contributed by atoms with Gasteiger partial charge in [0.25, 0.3) is 0 Å². The van der Waals surface area contributed by atoms with E-state index in [4.69, 9.17) is 0 Å². The monoisotopic (exact) mass is 328 g/mol. The Balaban J connectivity index is 1.50. The van der Waals surface area contributed by atoms with Crippen LogP contribution in [0, 0.1) is 6.92 Å². The van der Waals surface area contributed by atoms with Crippen LogP contribution in [0.15, 0.2) is 30.6 Å². The van der Waals surface area contributed by atoms with Gasteiger partial charge < -0.3 is 20.5 Å². The molecule has 0 saturated carbocycles. The van der Waals surface area contributed by atoms with Crippen LogP contribution in [-0.2, 0) is 9.59 Å². The summed E-state index contributed by atoms with van der Waals surface area (Å²) in [5, 5.41) is 8.63. The number of nitrogens with zero attached hydrogens (tertiary/aromatic N) is 3. The van der Waals surface area contributed by atoms with Crippen LogP contribution in [-0.4, -0.2) is 45.5 Å². The van der Waals surface area contributed by atoms with Crippen molar-refractivity contribution in [2.75, 3.05) is 18.4 Å². The van der Waals surface area contributed by atoms with E-state index in [1.807, 2.05) is 42.1 Å².